The summed E-state index contributed by atoms with van der Waals surface area (Å²) in [6, 6.07) is 0.129. The van der Waals surface area contributed by atoms with E-state index < -0.39 is 94.0 Å². The lowest BCUT2D eigenvalue weighted by atomic mass is 9.87. The second-order valence-corrected chi connectivity index (χ2v) is 15.0. The molecule has 1 aliphatic carbocycles. The molecule has 1 aliphatic heterocycles. The molecule has 7 nitrogen and oxygen atoms in total. The van der Waals surface area contributed by atoms with Crippen molar-refractivity contribution in [3.8, 4) is 23.5 Å². The van der Waals surface area contributed by atoms with Crippen molar-refractivity contribution >= 4 is 11.9 Å². The van der Waals surface area contributed by atoms with E-state index in [0.717, 1.165) is 29.0 Å². The average molecular weight is 780 g/mol. The Morgan fingerprint density at radius 3 is 2.15 bits per heavy atom. The van der Waals surface area contributed by atoms with Gasteiger partial charge < -0.3 is 19.9 Å². The molecule has 0 spiro atoms. The number of alkyl halides is 5. The van der Waals surface area contributed by atoms with Crippen molar-refractivity contribution in [1.29, 1.82) is 0 Å². The maximum Gasteiger partial charge on any atom is 0.416 e. The summed E-state index contributed by atoms with van der Waals surface area (Å²) in [6.07, 6.45) is 0.387. The van der Waals surface area contributed by atoms with Crippen LogP contribution in [0.1, 0.15) is 97.3 Å². The van der Waals surface area contributed by atoms with Gasteiger partial charge in [-0.15, -0.1) is 6.42 Å². The first-order valence-corrected chi connectivity index (χ1v) is 17.8. The molecule has 1 aromatic heterocycles. The molecule has 1 amide bonds. The van der Waals surface area contributed by atoms with E-state index in [-0.39, 0.29) is 79.1 Å². The Bertz CT molecular complexity index is 2060. The Morgan fingerprint density at radius 2 is 1.64 bits per heavy atom. The van der Waals surface area contributed by atoms with Crippen molar-refractivity contribution in [3.05, 3.63) is 91.6 Å². The minimum absolute atomic E-state index is 0.107. The van der Waals surface area contributed by atoms with E-state index in [4.69, 9.17) is 6.42 Å². The number of nitrogens with zero attached hydrogens (tertiary/aromatic N) is 2. The lowest BCUT2D eigenvalue weighted by Gasteiger charge is -2.34. The summed E-state index contributed by atoms with van der Waals surface area (Å²) in [5.74, 6) is -8.55. The van der Waals surface area contributed by atoms with Crippen molar-refractivity contribution < 1.29 is 49.8 Å². The third kappa shape index (κ3) is 9.06. The zero-order valence-corrected chi connectivity index (χ0v) is 30.6. The number of amides is 1. The normalized spacial score (nSPS) is 18.5. The average Bonchev–Trinajstić information content (AvgIpc) is 3.68. The first kappa shape index (κ1) is 41.5. The fourth-order valence-corrected chi connectivity index (χ4v) is 7.63. The van der Waals surface area contributed by atoms with Gasteiger partial charge in [-0.2, -0.15) is 13.2 Å². The third-order valence-electron chi connectivity index (χ3n) is 10.4. The molecular weight excluding hydrogens is 738 g/mol. The minimum atomic E-state index is -4.96. The number of rotatable bonds is 12. The fraction of sp³-hybridized carbons (Fsp3) is 0.475. The summed E-state index contributed by atoms with van der Waals surface area (Å²) in [6.45, 7) is 6.85. The number of aliphatic carboxylic acids is 1. The van der Waals surface area contributed by atoms with Crippen molar-refractivity contribution in [3.63, 3.8) is 0 Å². The maximum atomic E-state index is 16.6. The molecule has 1 saturated heterocycles. The number of pyridine rings is 1. The number of piperidine rings is 1. The highest BCUT2D eigenvalue weighted by Gasteiger charge is 2.57. The zero-order valence-electron chi connectivity index (χ0n) is 30.6. The minimum Gasteiger partial charge on any atom is -0.481 e. The maximum absolute atomic E-state index is 16.6. The number of carbonyl (C=O) groups is 2. The molecule has 2 fully saturated rings. The van der Waals surface area contributed by atoms with Crippen molar-refractivity contribution in [2.45, 2.75) is 89.9 Å². The number of benzene rings is 2. The van der Waals surface area contributed by atoms with Crippen LogP contribution in [0, 0.1) is 55.5 Å². The number of hydrogen-bond acceptors (Lipinski definition) is 4. The summed E-state index contributed by atoms with van der Waals surface area (Å²) in [5, 5.41) is 12.2. The van der Waals surface area contributed by atoms with Crippen LogP contribution in [0.3, 0.4) is 0 Å². The Morgan fingerprint density at radius 1 is 1.04 bits per heavy atom. The molecule has 55 heavy (non-hydrogen) atoms. The SMILES string of the molecule is C#Cc1cc(-c2c(C)cc(F)cc2C)c(F)c([C@@H](CC(=O)O)NC(=O)[C@@H](CC(C)C)n2cc(C3CCN(C[C@@H]4CC4(F)F)CC3)c(C(F)(F)F)cc2=O)c1F. The van der Waals surface area contributed by atoms with Crippen LogP contribution in [0.2, 0.25) is 0 Å². The molecular formula is C40H41F8N3O4. The van der Waals surface area contributed by atoms with E-state index in [1.165, 1.54) is 13.8 Å². The Balaban J connectivity index is 1.56. The van der Waals surface area contributed by atoms with Gasteiger partial charge in [0.15, 0.2) is 0 Å². The number of likely N-dealkylation sites (tertiary alicyclic amines) is 1. The predicted molar refractivity (Wildman–Crippen MR) is 188 cm³/mol. The molecule has 3 aromatic rings. The number of carbonyl (C=O) groups excluding carboxylic acids is 1. The monoisotopic (exact) mass is 779 g/mol. The van der Waals surface area contributed by atoms with Crippen LogP contribution < -0.4 is 10.9 Å². The van der Waals surface area contributed by atoms with Crippen LogP contribution in [-0.4, -0.2) is 52.0 Å². The van der Waals surface area contributed by atoms with E-state index in [1.807, 2.05) is 0 Å². The van der Waals surface area contributed by atoms with Gasteiger partial charge in [-0.05, 0) is 98.5 Å². The smallest absolute Gasteiger partial charge is 0.416 e. The van der Waals surface area contributed by atoms with Crippen molar-refractivity contribution in [2.24, 2.45) is 11.8 Å². The highest BCUT2D eigenvalue weighted by Crippen LogP contribution is 2.49. The van der Waals surface area contributed by atoms with Crippen LogP contribution in [0.5, 0.6) is 0 Å². The van der Waals surface area contributed by atoms with Crippen LogP contribution in [0.4, 0.5) is 35.1 Å². The standard InChI is InChI=1S/C40H41F8N3O4/c1-6-23-14-27(34-21(4)12-26(41)13-22(34)5)37(43)35(36(23)42)30(16-33(53)54)49-38(55)31(11-20(2)3)51-19-28(29(15-32(51)52)40(46,47)48)24-7-9-50(10-8-24)18-25-17-39(25,44)45/h1,12-15,19-20,24-25,30-31H,7-11,16-18H2,2-5H3,(H,49,55)(H,53,54)/t25-,30+,31+/m0/s1. The molecule has 2 N–H and O–H groups in total. The first-order chi connectivity index (χ1) is 25.6. The van der Waals surface area contributed by atoms with Gasteiger partial charge in [0.05, 0.1) is 23.6 Å². The molecule has 2 aliphatic rings. The van der Waals surface area contributed by atoms with Crippen molar-refractivity contribution in [1.82, 2.24) is 14.8 Å². The van der Waals surface area contributed by atoms with Gasteiger partial charge in [0.2, 0.25) is 5.91 Å². The quantitative estimate of drug-likeness (QED) is 0.143. The summed E-state index contributed by atoms with van der Waals surface area (Å²) in [7, 11) is 0. The topological polar surface area (TPSA) is 91.6 Å². The molecule has 0 bridgehead atoms. The molecule has 296 valence electrons. The number of hydrogen-bond donors (Lipinski definition) is 2. The second-order valence-electron chi connectivity index (χ2n) is 15.0. The van der Waals surface area contributed by atoms with E-state index >= 15 is 8.78 Å². The van der Waals surface area contributed by atoms with Gasteiger partial charge in [0, 0.05) is 42.3 Å². The van der Waals surface area contributed by atoms with E-state index in [9.17, 15) is 45.8 Å². The molecule has 0 unspecified atom stereocenters. The number of aromatic nitrogens is 1. The Kier molecular flexibility index (Phi) is 11.9. The zero-order chi connectivity index (χ0) is 40.7. The second kappa shape index (κ2) is 15.8. The summed E-state index contributed by atoms with van der Waals surface area (Å²) in [5.41, 5.74) is -3.72. The molecule has 0 radical (unpaired) electrons. The van der Waals surface area contributed by atoms with Gasteiger partial charge in [-0.3, -0.25) is 14.4 Å². The van der Waals surface area contributed by atoms with Crippen molar-refractivity contribution in [2.75, 3.05) is 19.6 Å². The van der Waals surface area contributed by atoms with Crippen LogP contribution >= 0.6 is 0 Å². The van der Waals surface area contributed by atoms with E-state index in [2.05, 4.69) is 11.2 Å². The summed E-state index contributed by atoms with van der Waals surface area (Å²) >= 11 is 0. The van der Waals surface area contributed by atoms with Crippen LogP contribution in [0.15, 0.2) is 35.3 Å². The molecule has 2 heterocycles. The van der Waals surface area contributed by atoms with Gasteiger partial charge in [0.1, 0.15) is 23.5 Å². The number of carboxylic acids is 1. The summed E-state index contributed by atoms with van der Waals surface area (Å²) < 4.78 is 118. The number of halogens is 8. The first-order valence-electron chi connectivity index (χ1n) is 17.8. The summed E-state index contributed by atoms with van der Waals surface area (Å²) in [4.78, 5) is 41.5. The molecule has 3 atom stereocenters. The van der Waals surface area contributed by atoms with Crippen LogP contribution in [-0.2, 0) is 15.8 Å². The number of carboxylic acid groups (broad SMARTS) is 1. The fourth-order valence-electron chi connectivity index (χ4n) is 7.63. The lowest BCUT2D eigenvalue weighted by molar-refractivity contribution is -0.139. The van der Waals surface area contributed by atoms with Crippen LogP contribution in [0.25, 0.3) is 11.1 Å². The number of terminal acetylenes is 1. The molecule has 1 saturated carbocycles. The van der Waals surface area contributed by atoms with Gasteiger partial charge in [-0.25, -0.2) is 22.0 Å². The van der Waals surface area contributed by atoms with Gasteiger partial charge >= 0.3 is 12.1 Å². The largest absolute Gasteiger partial charge is 0.481 e. The molecule has 15 heteroatoms. The Hall–Kier alpha value is -4.71. The number of aryl methyl sites for hydroxylation is 2. The van der Waals surface area contributed by atoms with Gasteiger partial charge in [-0.1, -0.05) is 19.8 Å². The predicted octanol–water partition coefficient (Wildman–Crippen LogP) is 8.30. The lowest BCUT2D eigenvalue weighted by Crippen LogP contribution is -2.41. The highest BCUT2D eigenvalue weighted by atomic mass is 19.4. The highest BCUT2D eigenvalue weighted by molar-refractivity contribution is 5.82. The van der Waals surface area contributed by atoms with E-state index in [1.54, 1.807) is 18.7 Å². The number of nitrogens with one attached hydrogen (secondary N) is 1. The van der Waals surface area contributed by atoms with Gasteiger partial charge in [0.25, 0.3) is 11.5 Å². The molecule has 2 aromatic carbocycles. The molecule has 5 rings (SSSR count). The van der Waals surface area contributed by atoms with E-state index in [0.29, 0.717) is 6.07 Å². The Labute approximate surface area is 312 Å². The third-order valence-corrected chi connectivity index (χ3v) is 10.4.